The van der Waals surface area contributed by atoms with Gasteiger partial charge >= 0.3 is 5.97 Å². The number of carboxylic acid groups (broad SMARTS) is 1. The lowest BCUT2D eigenvalue weighted by molar-refractivity contribution is -0.137. The number of aliphatic carboxylic acids is 1. The van der Waals surface area contributed by atoms with E-state index in [4.69, 9.17) is 9.52 Å². The Kier molecular flexibility index (Phi) is 3.05. The number of carbonyl (C=O) groups is 1. The summed E-state index contributed by atoms with van der Waals surface area (Å²) < 4.78 is 7.08. The van der Waals surface area contributed by atoms with Gasteiger partial charge in [0.2, 0.25) is 0 Å². The zero-order valence-corrected chi connectivity index (χ0v) is 8.67. The summed E-state index contributed by atoms with van der Waals surface area (Å²) >= 11 is 0. The molecule has 0 fully saturated rings. The predicted molar refractivity (Wildman–Crippen MR) is 56.4 cm³/mol. The maximum absolute atomic E-state index is 10.3. The predicted octanol–water partition coefficient (Wildman–Crippen LogP) is 1.87. The fourth-order valence-corrected chi connectivity index (χ4v) is 1.41. The van der Waals surface area contributed by atoms with Gasteiger partial charge < -0.3 is 14.1 Å². The highest BCUT2D eigenvalue weighted by Crippen LogP contribution is 2.10. The second kappa shape index (κ2) is 4.65. The van der Waals surface area contributed by atoms with Gasteiger partial charge in [-0.25, -0.2) is 0 Å². The molecule has 1 N–H and O–H groups in total. The number of rotatable bonds is 5. The van der Waals surface area contributed by atoms with E-state index in [9.17, 15) is 4.79 Å². The summed E-state index contributed by atoms with van der Waals surface area (Å²) in [6.45, 7) is 0. The maximum atomic E-state index is 10.3. The number of hydrogen-bond acceptors (Lipinski definition) is 3. The first-order valence-corrected chi connectivity index (χ1v) is 5.05. The van der Waals surface area contributed by atoms with Crippen molar-refractivity contribution in [3.63, 3.8) is 0 Å². The molecule has 0 saturated carbocycles. The third-order valence-corrected chi connectivity index (χ3v) is 2.19. The van der Waals surface area contributed by atoms with Crippen LogP contribution in [0.25, 0.3) is 5.82 Å². The molecule has 0 aliphatic heterocycles. The van der Waals surface area contributed by atoms with Gasteiger partial charge in [0.15, 0.2) is 11.7 Å². The molecule has 2 aromatic rings. The number of nitrogens with zero attached hydrogens (tertiary/aromatic N) is 2. The Balaban J connectivity index is 1.95. The molecule has 0 radical (unpaired) electrons. The van der Waals surface area contributed by atoms with Crippen molar-refractivity contribution in [1.29, 1.82) is 0 Å². The molecule has 0 saturated heterocycles. The molecule has 5 nitrogen and oxygen atoms in total. The van der Waals surface area contributed by atoms with Gasteiger partial charge in [-0.05, 0) is 18.6 Å². The van der Waals surface area contributed by atoms with Gasteiger partial charge in [0.25, 0.3) is 0 Å². The fourth-order valence-electron chi connectivity index (χ4n) is 1.41. The minimum absolute atomic E-state index is 0.140. The van der Waals surface area contributed by atoms with Crippen LogP contribution in [0.1, 0.15) is 18.7 Å². The molecule has 0 spiro atoms. The summed E-state index contributed by atoms with van der Waals surface area (Å²) in [6, 6.07) is 3.80. The van der Waals surface area contributed by atoms with Crippen LogP contribution >= 0.6 is 0 Å². The SMILES string of the molecule is O=C(O)CCCc1nc(-n2cccc2)co1. The van der Waals surface area contributed by atoms with Crippen molar-refractivity contribution in [3.05, 3.63) is 36.7 Å². The van der Waals surface area contributed by atoms with Crippen LogP contribution in [-0.2, 0) is 11.2 Å². The number of aryl methyl sites for hydroxylation is 1. The zero-order valence-electron chi connectivity index (χ0n) is 8.67. The smallest absolute Gasteiger partial charge is 0.303 e. The van der Waals surface area contributed by atoms with Crippen LogP contribution in [-0.4, -0.2) is 20.6 Å². The second-order valence-electron chi connectivity index (χ2n) is 3.44. The third kappa shape index (κ3) is 2.50. The number of aromatic nitrogens is 2. The first-order chi connectivity index (χ1) is 7.75. The van der Waals surface area contributed by atoms with Crippen molar-refractivity contribution >= 4 is 5.97 Å². The minimum atomic E-state index is -0.794. The Morgan fingerprint density at radius 2 is 2.19 bits per heavy atom. The topological polar surface area (TPSA) is 68.3 Å². The lowest BCUT2D eigenvalue weighted by atomic mass is 10.2. The molecule has 2 aromatic heterocycles. The van der Waals surface area contributed by atoms with E-state index in [2.05, 4.69) is 4.98 Å². The molecule has 0 bridgehead atoms. The van der Waals surface area contributed by atoms with Gasteiger partial charge in [0, 0.05) is 25.2 Å². The number of carboxylic acids is 1. The fraction of sp³-hybridized carbons (Fsp3) is 0.273. The van der Waals surface area contributed by atoms with E-state index >= 15 is 0 Å². The third-order valence-electron chi connectivity index (χ3n) is 2.19. The Hall–Kier alpha value is -2.04. The second-order valence-corrected chi connectivity index (χ2v) is 3.44. The van der Waals surface area contributed by atoms with Gasteiger partial charge in [-0.15, -0.1) is 0 Å². The van der Waals surface area contributed by atoms with Crippen LogP contribution in [0.2, 0.25) is 0 Å². The monoisotopic (exact) mass is 220 g/mol. The molecule has 0 aliphatic rings. The van der Waals surface area contributed by atoms with Crippen LogP contribution in [0.15, 0.2) is 35.2 Å². The average molecular weight is 220 g/mol. The van der Waals surface area contributed by atoms with Crippen molar-refractivity contribution in [1.82, 2.24) is 9.55 Å². The molecule has 0 aromatic carbocycles. The first kappa shape index (κ1) is 10.5. The molecule has 5 heteroatoms. The summed E-state index contributed by atoms with van der Waals surface area (Å²) in [5, 5.41) is 8.49. The van der Waals surface area contributed by atoms with E-state index < -0.39 is 5.97 Å². The molecule has 2 heterocycles. The summed E-state index contributed by atoms with van der Waals surface area (Å²) in [5.41, 5.74) is 0. The highest BCUT2D eigenvalue weighted by atomic mass is 16.4. The van der Waals surface area contributed by atoms with E-state index in [-0.39, 0.29) is 6.42 Å². The van der Waals surface area contributed by atoms with Crippen LogP contribution in [0.5, 0.6) is 0 Å². The molecule has 0 atom stereocenters. The van der Waals surface area contributed by atoms with Crippen molar-refractivity contribution in [2.45, 2.75) is 19.3 Å². The van der Waals surface area contributed by atoms with Crippen LogP contribution in [0.4, 0.5) is 0 Å². The maximum Gasteiger partial charge on any atom is 0.303 e. The van der Waals surface area contributed by atoms with Crippen molar-refractivity contribution in [2.75, 3.05) is 0 Å². The van der Waals surface area contributed by atoms with Gasteiger partial charge in [-0.3, -0.25) is 4.79 Å². The van der Waals surface area contributed by atoms with Gasteiger partial charge in [0.05, 0.1) is 0 Å². The molecule has 0 amide bonds. The van der Waals surface area contributed by atoms with E-state index in [1.54, 1.807) is 6.26 Å². The Morgan fingerprint density at radius 1 is 1.44 bits per heavy atom. The van der Waals surface area contributed by atoms with E-state index in [0.717, 1.165) is 5.82 Å². The standard InChI is InChI=1S/C11H12N2O3/c14-11(15)5-3-4-10-12-9(8-16-10)13-6-1-2-7-13/h1-2,6-8H,3-5H2,(H,14,15). The van der Waals surface area contributed by atoms with Crippen LogP contribution in [0, 0.1) is 0 Å². The van der Waals surface area contributed by atoms with Crippen LogP contribution < -0.4 is 0 Å². The van der Waals surface area contributed by atoms with E-state index in [1.807, 2.05) is 29.1 Å². The lowest BCUT2D eigenvalue weighted by Crippen LogP contribution is -1.96. The molecule has 2 rings (SSSR count). The molecule has 16 heavy (non-hydrogen) atoms. The summed E-state index contributed by atoms with van der Waals surface area (Å²) in [5.74, 6) is 0.498. The van der Waals surface area contributed by atoms with E-state index in [1.165, 1.54) is 0 Å². The molecular weight excluding hydrogens is 208 g/mol. The minimum Gasteiger partial charge on any atom is -0.481 e. The Labute approximate surface area is 92.3 Å². The van der Waals surface area contributed by atoms with Gasteiger partial charge in [-0.2, -0.15) is 4.98 Å². The summed E-state index contributed by atoms with van der Waals surface area (Å²) in [4.78, 5) is 14.6. The highest BCUT2D eigenvalue weighted by Gasteiger charge is 2.05. The van der Waals surface area contributed by atoms with Gasteiger partial charge in [-0.1, -0.05) is 0 Å². The summed E-state index contributed by atoms with van der Waals surface area (Å²) in [7, 11) is 0. The van der Waals surface area contributed by atoms with Crippen molar-refractivity contribution < 1.29 is 14.3 Å². The molecule has 0 aliphatic carbocycles. The molecule has 84 valence electrons. The van der Waals surface area contributed by atoms with E-state index in [0.29, 0.717) is 18.7 Å². The molecule has 0 unspecified atom stereocenters. The summed E-state index contributed by atoms with van der Waals surface area (Å²) in [6.07, 6.45) is 6.55. The normalized spacial score (nSPS) is 10.5. The Bertz CT molecular complexity index is 459. The zero-order chi connectivity index (χ0) is 11.4. The highest BCUT2D eigenvalue weighted by molar-refractivity contribution is 5.66. The van der Waals surface area contributed by atoms with Crippen molar-refractivity contribution in [2.24, 2.45) is 0 Å². The largest absolute Gasteiger partial charge is 0.481 e. The first-order valence-electron chi connectivity index (χ1n) is 5.05. The molecular formula is C11H12N2O3. The van der Waals surface area contributed by atoms with Crippen molar-refractivity contribution in [3.8, 4) is 5.82 Å². The van der Waals surface area contributed by atoms with Crippen LogP contribution in [0.3, 0.4) is 0 Å². The Morgan fingerprint density at radius 3 is 2.88 bits per heavy atom. The lowest BCUT2D eigenvalue weighted by Gasteiger charge is -1.93. The number of hydrogen-bond donors (Lipinski definition) is 1. The number of oxazole rings is 1. The van der Waals surface area contributed by atoms with Gasteiger partial charge in [0.1, 0.15) is 6.26 Å². The quantitative estimate of drug-likeness (QED) is 0.835. The average Bonchev–Trinajstić information content (AvgIpc) is 2.85.